The van der Waals surface area contributed by atoms with E-state index in [4.69, 9.17) is 0 Å². The average molecular weight is 330 g/mol. The summed E-state index contributed by atoms with van der Waals surface area (Å²) in [6, 6.07) is 14.4. The fraction of sp³-hybridized carbons (Fsp3) is 0.294. The summed E-state index contributed by atoms with van der Waals surface area (Å²) < 4.78 is 0. The summed E-state index contributed by atoms with van der Waals surface area (Å²) in [5, 5.41) is 0.132. The molecule has 1 aromatic heterocycles. The number of pyridine rings is 1. The highest BCUT2D eigenvalue weighted by atomic mass is 32.2. The molecule has 3 rings (SSSR count). The van der Waals surface area contributed by atoms with Crippen LogP contribution in [0.15, 0.2) is 53.6 Å². The van der Waals surface area contributed by atoms with E-state index in [0.29, 0.717) is 5.75 Å². The summed E-state index contributed by atoms with van der Waals surface area (Å²) in [4.78, 5) is 19.7. The van der Waals surface area contributed by atoms with Gasteiger partial charge in [0.1, 0.15) is 5.37 Å². The van der Waals surface area contributed by atoms with Gasteiger partial charge >= 0.3 is 0 Å². The molecule has 22 heavy (non-hydrogen) atoms. The number of carbonyl (C=O) groups is 1. The molecule has 0 N–H and O–H groups in total. The van der Waals surface area contributed by atoms with Gasteiger partial charge in [0, 0.05) is 29.8 Å². The number of nitrogens with zero attached hydrogens (tertiary/aromatic N) is 2. The second-order valence-electron chi connectivity index (χ2n) is 5.09. The van der Waals surface area contributed by atoms with Crippen LogP contribution in [0.4, 0.5) is 0 Å². The molecule has 1 aliphatic heterocycles. The van der Waals surface area contributed by atoms with Crippen LogP contribution in [0.25, 0.3) is 0 Å². The van der Waals surface area contributed by atoms with Gasteiger partial charge in [-0.1, -0.05) is 18.2 Å². The Morgan fingerprint density at radius 2 is 2.09 bits per heavy atom. The number of carbonyl (C=O) groups excluding carboxylic acids is 1. The third-order valence-corrected chi connectivity index (χ3v) is 5.70. The summed E-state index contributed by atoms with van der Waals surface area (Å²) in [6.07, 6.45) is 4.67. The van der Waals surface area contributed by atoms with Crippen molar-refractivity contribution in [2.45, 2.75) is 16.7 Å². The molecule has 0 spiro atoms. The molecule has 1 atom stereocenters. The minimum Gasteiger partial charge on any atom is -0.325 e. The standard InChI is InChI=1S/C17H18N2OS2/c1-21-15-7-5-13(6-8-15)17-19(16(20)12-22-17)11-9-14-4-2-3-10-18-14/h2-8,10,17H,9,11-12H2,1H3. The Morgan fingerprint density at radius 1 is 1.27 bits per heavy atom. The van der Waals surface area contributed by atoms with Crippen molar-refractivity contribution >= 4 is 29.4 Å². The van der Waals surface area contributed by atoms with Gasteiger partial charge in [0.15, 0.2) is 0 Å². The molecule has 1 aliphatic rings. The molecular formula is C17H18N2OS2. The summed E-state index contributed by atoms with van der Waals surface area (Å²) >= 11 is 3.44. The molecule has 0 aliphatic carbocycles. The summed E-state index contributed by atoms with van der Waals surface area (Å²) in [5.41, 5.74) is 2.23. The van der Waals surface area contributed by atoms with Crippen molar-refractivity contribution in [3.05, 3.63) is 59.9 Å². The quantitative estimate of drug-likeness (QED) is 0.784. The van der Waals surface area contributed by atoms with E-state index in [1.54, 1.807) is 29.7 Å². The Bertz CT molecular complexity index is 631. The topological polar surface area (TPSA) is 33.2 Å². The molecule has 1 aromatic carbocycles. The minimum atomic E-state index is 0.132. The highest BCUT2D eigenvalue weighted by Gasteiger charge is 2.32. The fourth-order valence-electron chi connectivity index (χ4n) is 2.52. The summed E-state index contributed by atoms with van der Waals surface area (Å²) in [5.74, 6) is 0.789. The Morgan fingerprint density at radius 3 is 2.77 bits per heavy atom. The first kappa shape index (κ1) is 15.4. The van der Waals surface area contributed by atoms with Crippen molar-refractivity contribution in [1.29, 1.82) is 0 Å². The number of aromatic nitrogens is 1. The van der Waals surface area contributed by atoms with Gasteiger partial charge in [0.05, 0.1) is 5.75 Å². The van der Waals surface area contributed by atoms with Crippen LogP contribution >= 0.6 is 23.5 Å². The maximum Gasteiger partial charge on any atom is 0.233 e. The lowest BCUT2D eigenvalue weighted by atomic mass is 10.2. The Labute approximate surface area is 139 Å². The van der Waals surface area contributed by atoms with E-state index < -0.39 is 0 Å². The van der Waals surface area contributed by atoms with E-state index in [2.05, 4.69) is 35.5 Å². The maximum atomic E-state index is 12.2. The van der Waals surface area contributed by atoms with Gasteiger partial charge in [0.2, 0.25) is 5.91 Å². The minimum absolute atomic E-state index is 0.132. The third-order valence-electron chi connectivity index (χ3n) is 3.70. The molecule has 2 heterocycles. The lowest BCUT2D eigenvalue weighted by molar-refractivity contribution is -0.128. The van der Waals surface area contributed by atoms with Gasteiger partial charge in [-0.25, -0.2) is 0 Å². The zero-order chi connectivity index (χ0) is 15.4. The largest absolute Gasteiger partial charge is 0.325 e. The zero-order valence-electron chi connectivity index (χ0n) is 12.4. The average Bonchev–Trinajstić information content (AvgIpc) is 2.95. The van der Waals surface area contributed by atoms with Gasteiger partial charge in [-0.3, -0.25) is 9.78 Å². The molecule has 1 fully saturated rings. The second-order valence-corrected chi connectivity index (χ2v) is 7.04. The summed E-state index contributed by atoms with van der Waals surface area (Å²) in [7, 11) is 0. The highest BCUT2D eigenvalue weighted by Crippen LogP contribution is 2.38. The van der Waals surface area contributed by atoms with Crippen LogP contribution in [0.3, 0.4) is 0 Å². The highest BCUT2D eigenvalue weighted by molar-refractivity contribution is 8.00. The van der Waals surface area contributed by atoms with Crippen molar-refractivity contribution in [3.8, 4) is 0 Å². The number of hydrogen-bond donors (Lipinski definition) is 0. The molecule has 0 bridgehead atoms. The number of amides is 1. The first-order valence-corrected chi connectivity index (χ1v) is 9.50. The van der Waals surface area contributed by atoms with Gasteiger partial charge < -0.3 is 4.90 Å². The van der Waals surface area contributed by atoms with Crippen molar-refractivity contribution < 1.29 is 4.79 Å². The number of thioether (sulfide) groups is 2. The smallest absolute Gasteiger partial charge is 0.233 e. The molecule has 0 radical (unpaired) electrons. The Hall–Kier alpha value is -1.46. The Balaban J connectivity index is 1.71. The lowest BCUT2D eigenvalue weighted by Gasteiger charge is -2.24. The number of rotatable bonds is 5. The van der Waals surface area contributed by atoms with E-state index in [9.17, 15) is 4.79 Å². The van der Waals surface area contributed by atoms with Gasteiger partial charge in [-0.15, -0.1) is 23.5 Å². The predicted molar refractivity (Wildman–Crippen MR) is 93.1 cm³/mol. The summed E-state index contributed by atoms with van der Waals surface area (Å²) in [6.45, 7) is 0.720. The van der Waals surface area contributed by atoms with Crippen molar-refractivity contribution in [3.63, 3.8) is 0 Å². The SMILES string of the molecule is CSc1ccc(C2SCC(=O)N2CCc2ccccn2)cc1. The van der Waals surface area contributed by atoms with Crippen LogP contribution < -0.4 is 0 Å². The molecule has 1 saturated heterocycles. The second kappa shape index (κ2) is 7.20. The molecule has 1 amide bonds. The lowest BCUT2D eigenvalue weighted by Crippen LogP contribution is -2.30. The molecule has 2 aromatic rings. The van der Waals surface area contributed by atoms with E-state index in [-0.39, 0.29) is 11.3 Å². The fourth-order valence-corrected chi connectivity index (χ4v) is 4.15. The first-order chi connectivity index (χ1) is 10.8. The van der Waals surface area contributed by atoms with E-state index in [0.717, 1.165) is 18.7 Å². The maximum absolute atomic E-state index is 12.2. The molecule has 0 saturated carbocycles. The van der Waals surface area contributed by atoms with Gasteiger partial charge in [-0.05, 0) is 36.1 Å². The molecule has 1 unspecified atom stereocenters. The van der Waals surface area contributed by atoms with Crippen LogP contribution in [0, 0.1) is 0 Å². The number of benzene rings is 1. The van der Waals surface area contributed by atoms with Crippen LogP contribution in [-0.4, -0.2) is 34.3 Å². The molecule has 5 heteroatoms. The first-order valence-electron chi connectivity index (χ1n) is 7.23. The zero-order valence-corrected chi connectivity index (χ0v) is 14.1. The predicted octanol–water partition coefficient (Wildman–Crippen LogP) is 3.62. The molecule has 114 valence electrons. The molecule has 3 nitrogen and oxygen atoms in total. The van der Waals surface area contributed by atoms with Crippen molar-refractivity contribution in [2.75, 3.05) is 18.6 Å². The normalized spacial score (nSPS) is 18.0. The van der Waals surface area contributed by atoms with E-state index in [1.165, 1.54) is 10.5 Å². The van der Waals surface area contributed by atoms with Crippen molar-refractivity contribution in [1.82, 2.24) is 9.88 Å². The van der Waals surface area contributed by atoms with E-state index >= 15 is 0 Å². The van der Waals surface area contributed by atoms with Crippen LogP contribution in [0.2, 0.25) is 0 Å². The third kappa shape index (κ3) is 3.47. The monoisotopic (exact) mass is 330 g/mol. The van der Waals surface area contributed by atoms with Crippen LogP contribution in [-0.2, 0) is 11.2 Å². The Kier molecular flexibility index (Phi) is 5.05. The number of hydrogen-bond acceptors (Lipinski definition) is 4. The molecular weight excluding hydrogens is 312 g/mol. The van der Waals surface area contributed by atoms with Crippen molar-refractivity contribution in [2.24, 2.45) is 0 Å². The van der Waals surface area contributed by atoms with Crippen LogP contribution in [0.5, 0.6) is 0 Å². The van der Waals surface area contributed by atoms with E-state index in [1.807, 2.05) is 23.1 Å². The van der Waals surface area contributed by atoms with Crippen LogP contribution in [0.1, 0.15) is 16.6 Å². The van der Waals surface area contributed by atoms with Gasteiger partial charge in [-0.2, -0.15) is 0 Å². The van der Waals surface area contributed by atoms with Gasteiger partial charge in [0.25, 0.3) is 0 Å².